The van der Waals surface area contributed by atoms with Crippen LogP contribution in [0.25, 0.3) is 0 Å². The fourth-order valence-corrected chi connectivity index (χ4v) is 3.27. The maximum absolute atomic E-state index is 12.1. The van der Waals surface area contributed by atoms with Crippen molar-refractivity contribution in [3.8, 4) is 0 Å². The molecule has 2 aliphatic rings. The number of amides is 1. The van der Waals surface area contributed by atoms with Gasteiger partial charge < -0.3 is 4.90 Å². The summed E-state index contributed by atoms with van der Waals surface area (Å²) >= 11 is 3.40. The van der Waals surface area contributed by atoms with Crippen molar-refractivity contribution in [2.75, 3.05) is 18.9 Å². The van der Waals surface area contributed by atoms with Crippen molar-refractivity contribution in [1.29, 1.82) is 0 Å². The largest absolute Gasteiger partial charge is 0.345 e. The van der Waals surface area contributed by atoms with E-state index in [2.05, 4.69) is 15.9 Å². The first-order valence-corrected chi connectivity index (χ1v) is 7.19. The first kappa shape index (κ1) is 11.4. The van der Waals surface area contributed by atoms with Crippen LogP contribution in [-0.4, -0.2) is 29.7 Å². The van der Waals surface area contributed by atoms with Crippen LogP contribution in [0.1, 0.15) is 32.1 Å². The van der Waals surface area contributed by atoms with E-state index in [1.54, 1.807) is 0 Å². The van der Waals surface area contributed by atoms with Crippen molar-refractivity contribution in [2.24, 2.45) is 17.8 Å². The van der Waals surface area contributed by atoms with E-state index in [1.807, 2.05) is 11.9 Å². The highest BCUT2D eigenvalue weighted by atomic mass is 79.9. The topological polar surface area (TPSA) is 20.3 Å². The van der Waals surface area contributed by atoms with E-state index in [0.717, 1.165) is 30.1 Å². The third-order valence-electron chi connectivity index (χ3n) is 3.95. The molecule has 0 aromatic carbocycles. The number of carbonyl (C=O) groups is 1. The summed E-state index contributed by atoms with van der Waals surface area (Å²) in [5.41, 5.74) is 0. The molecule has 2 aliphatic carbocycles. The maximum Gasteiger partial charge on any atom is 0.226 e. The molecule has 2 fully saturated rings. The van der Waals surface area contributed by atoms with E-state index in [0.29, 0.717) is 11.8 Å². The Balaban J connectivity index is 1.81. The normalized spacial score (nSPS) is 33.3. The molecule has 0 N–H and O–H groups in total. The molecule has 0 aromatic heterocycles. The van der Waals surface area contributed by atoms with E-state index in [1.165, 1.54) is 25.7 Å². The lowest BCUT2D eigenvalue weighted by Crippen LogP contribution is -2.30. The van der Waals surface area contributed by atoms with Gasteiger partial charge in [-0.1, -0.05) is 28.8 Å². The first-order chi connectivity index (χ1) is 7.25. The monoisotopic (exact) mass is 273 g/mol. The highest BCUT2D eigenvalue weighted by Gasteiger charge is 2.55. The van der Waals surface area contributed by atoms with Crippen LogP contribution in [0.2, 0.25) is 0 Å². The average Bonchev–Trinajstić information content (AvgIpc) is 2.99. The van der Waals surface area contributed by atoms with Crippen molar-refractivity contribution in [3.05, 3.63) is 0 Å². The van der Waals surface area contributed by atoms with Crippen LogP contribution in [0, 0.1) is 17.8 Å². The van der Waals surface area contributed by atoms with Crippen molar-refractivity contribution < 1.29 is 4.79 Å². The van der Waals surface area contributed by atoms with Crippen LogP contribution in [0.4, 0.5) is 0 Å². The highest BCUT2D eigenvalue weighted by molar-refractivity contribution is 9.09. The molecule has 0 radical (unpaired) electrons. The summed E-state index contributed by atoms with van der Waals surface area (Å²) in [6, 6.07) is 0. The quantitative estimate of drug-likeness (QED) is 0.722. The van der Waals surface area contributed by atoms with Crippen LogP contribution in [-0.2, 0) is 4.79 Å². The van der Waals surface area contributed by atoms with E-state index in [9.17, 15) is 4.79 Å². The second-order valence-corrected chi connectivity index (χ2v) is 5.73. The zero-order chi connectivity index (χ0) is 10.8. The molecule has 0 bridgehead atoms. The SMILES string of the molecule is CN(CCCBr)C(=O)C1C2CCCCC21. The van der Waals surface area contributed by atoms with Crippen LogP contribution in [0.5, 0.6) is 0 Å². The predicted octanol–water partition coefficient (Wildman–Crippen LogP) is 2.67. The lowest BCUT2D eigenvalue weighted by Gasteiger charge is -2.16. The number of hydrogen-bond donors (Lipinski definition) is 0. The molecule has 3 heteroatoms. The van der Waals surface area contributed by atoms with Crippen LogP contribution >= 0.6 is 15.9 Å². The Morgan fingerprint density at radius 2 is 1.93 bits per heavy atom. The molecule has 0 spiro atoms. The summed E-state index contributed by atoms with van der Waals surface area (Å²) in [7, 11) is 1.95. The van der Waals surface area contributed by atoms with Crippen molar-refractivity contribution in [2.45, 2.75) is 32.1 Å². The van der Waals surface area contributed by atoms with Gasteiger partial charge in [0.15, 0.2) is 0 Å². The Morgan fingerprint density at radius 1 is 1.33 bits per heavy atom. The summed E-state index contributed by atoms with van der Waals surface area (Å²) in [4.78, 5) is 14.0. The number of fused-ring (bicyclic) bond motifs is 1. The Kier molecular flexibility index (Phi) is 3.70. The summed E-state index contributed by atoms with van der Waals surface area (Å²) in [6.45, 7) is 0.903. The predicted molar refractivity (Wildman–Crippen MR) is 65.0 cm³/mol. The Bertz CT molecular complexity index is 232. The fourth-order valence-electron chi connectivity index (χ4n) is 3.02. The Hall–Kier alpha value is -0.0500. The molecule has 0 aromatic rings. The van der Waals surface area contributed by atoms with E-state index < -0.39 is 0 Å². The zero-order valence-corrected chi connectivity index (χ0v) is 11.0. The molecule has 2 atom stereocenters. The van der Waals surface area contributed by atoms with Gasteiger partial charge in [0.1, 0.15) is 0 Å². The minimum absolute atomic E-state index is 0.396. The minimum Gasteiger partial charge on any atom is -0.345 e. The van der Waals surface area contributed by atoms with E-state index in [4.69, 9.17) is 0 Å². The molecule has 2 rings (SSSR count). The lowest BCUT2D eigenvalue weighted by atomic mass is 10.0. The minimum atomic E-state index is 0.396. The average molecular weight is 274 g/mol. The number of hydrogen-bond acceptors (Lipinski definition) is 1. The van der Waals surface area contributed by atoms with Gasteiger partial charge in [0, 0.05) is 24.8 Å². The van der Waals surface area contributed by atoms with E-state index in [-0.39, 0.29) is 0 Å². The Labute approximate surface area is 101 Å². The van der Waals surface area contributed by atoms with Gasteiger partial charge in [-0.25, -0.2) is 0 Å². The summed E-state index contributed by atoms with van der Waals surface area (Å²) in [5.74, 6) is 2.30. The third kappa shape index (κ3) is 2.38. The van der Waals surface area contributed by atoms with Gasteiger partial charge >= 0.3 is 0 Å². The fraction of sp³-hybridized carbons (Fsp3) is 0.917. The number of carbonyl (C=O) groups excluding carboxylic acids is 1. The second kappa shape index (κ2) is 4.86. The first-order valence-electron chi connectivity index (χ1n) is 6.06. The van der Waals surface area contributed by atoms with Gasteiger partial charge in [0.25, 0.3) is 0 Å². The van der Waals surface area contributed by atoms with E-state index >= 15 is 0 Å². The summed E-state index contributed by atoms with van der Waals surface area (Å²) in [6.07, 6.45) is 6.34. The molecular formula is C12H20BrNO. The van der Waals surface area contributed by atoms with Gasteiger partial charge in [-0.3, -0.25) is 4.79 Å². The molecule has 2 saturated carbocycles. The van der Waals surface area contributed by atoms with Crippen LogP contribution < -0.4 is 0 Å². The van der Waals surface area contributed by atoms with Gasteiger partial charge in [-0.2, -0.15) is 0 Å². The van der Waals surface area contributed by atoms with Gasteiger partial charge in [-0.05, 0) is 31.1 Å². The van der Waals surface area contributed by atoms with Crippen LogP contribution in [0.3, 0.4) is 0 Å². The smallest absolute Gasteiger partial charge is 0.226 e. The molecule has 15 heavy (non-hydrogen) atoms. The molecule has 0 saturated heterocycles. The molecule has 2 unspecified atom stereocenters. The highest BCUT2D eigenvalue weighted by Crippen LogP contribution is 2.55. The third-order valence-corrected chi connectivity index (χ3v) is 4.51. The molecule has 86 valence electrons. The van der Waals surface area contributed by atoms with Gasteiger partial charge in [0.2, 0.25) is 5.91 Å². The number of alkyl halides is 1. The maximum atomic E-state index is 12.1. The molecule has 0 aliphatic heterocycles. The molecule has 0 heterocycles. The van der Waals surface area contributed by atoms with Crippen LogP contribution in [0.15, 0.2) is 0 Å². The number of halogens is 1. The standard InChI is InChI=1S/C12H20BrNO/c1-14(8-4-7-13)12(15)11-9-5-2-3-6-10(9)11/h9-11H,2-8H2,1H3. The number of rotatable bonds is 4. The summed E-state index contributed by atoms with van der Waals surface area (Å²) < 4.78 is 0. The second-order valence-electron chi connectivity index (χ2n) is 4.94. The summed E-state index contributed by atoms with van der Waals surface area (Å²) in [5, 5.41) is 0.988. The zero-order valence-electron chi connectivity index (χ0n) is 9.42. The molecular weight excluding hydrogens is 254 g/mol. The van der Waals surface area contributed by atoms with Crippen molar-refractivity contribution in [3.63, 3.8) is 0 Å². The Morgan fingerprint density at radius 3 is 2.47 bits per heavy atom. The van der Waals surface area contributed by atoms with Gasteiger partial charge in [-0.15, -0.1) is 0 Å². The van der Waals surface area contributed by atoms with Gasteiger partial charge in [0.05, 0.1) is 0 Å². The van der Waals surface area contributed by atoms with Crippen molar-refractivity contribution >= 4 is 21.8 Å². The molecule has 1 amide bonds. The van der Waals surface area contributed by atoms with Crippen molar-refractivity contribution in [1.82, 2.24) is 4.90 Å². The number of nitrogens with zero attached hydrogens (tertiary/aromatic N) is 1. The lowest BCUT2D eigenvalue weighted by molar-refractivity contribution is -0.131. The molecule has 2 nitrogen and oxygen atoms in total.